The van der Waals surface area contributed by atoms with E-state index in [0.717, 1.165) is 22.4 Å². The van der Waals surface area contributed by atoms with Crippen molar-refractivity contribution in [3.8, 4) is 0 Å². The predicted octanol–water partition coefficient (Wildman–Crippen LogP) is 2.68. The van der Waals surface area contributed by atoms with Gasteiger partial charge in [-0.15, -0.1) is 0 Å². The molecule has 0 unspecified atom stereocenters. The molecule has 9 heteroatoms. The largest absolute Gasteiger partial charge is 0.324 e. The Balaban J connectivity index is 1.86. The Morgan fingerprint density at radius 3 is 2.50 bits per heavy atom. The molecule has 0 atom stereocenters. The monoisotopic (exact) mass is 417 g/mol. The summed E-state index contributed by atoms with van der Waals surface area (Å²) in [7, 11) is -3.92. The van der Waals surface area contributed by atoms with Crippen LogP contribution in [0.2, 0.25) is 5.02 Å². The number of sulfone groups is 1. The molecular formula is C19H16ClN3O4S. The third-order valence-corrected chi connectivity index (χ3v) is 5.75. The maximum atomic E-state index is 12.7. The van der Waals surface area contributed by atoms with Crippen molar-refractivity contribution in [2.45, 2.75) is 23.4 Å². The van der Waals surface area contributed by atoms with E-state index in [1.54, 1.807) is 36.4 Å². The molecule has 7 nitrogen and oxygen atoms in total. The lowest BCUT2D eigenvalue weighted by Crippen LogP contribution is -2.30. The number of benzene rings is 2. The molecule has 0 saturated heterocycles. The van der Waals surface area contributed by atoms with Gasteiger partial charge in [0.15, 0.2) is 5.03 Å². The van der Waals surface area contributed by atoms with Crippen LogP contribution in [0.4, 0.5) is 5.69 Å². The summed E-state index contributed by atoms with van der Waals surface area (Å²) in [6.07, 6.45) is 0. The number of rotatable bonds is 5. The van der Waals surface area contributed by atoms with E-state index in [1.165, 1.54) is 12.1 Å². The number of carbonyl (C=O) groups excluding carboxylic acids is 1. The minimum absolute atomic E-state index is 0.0548. The highest BCUT2D eigenvalue weighted by atomic mass is 35.5. The van der Waals surface area contributed by atoms with Crippen LogP contribution in [-0.4, -0.2) is 24.1 Å². The van der Waals surface area contributed by atoms with Gasteiger partial charge in [-0.05, 0) is 43.3 Å². The number of hydrogen-bond acceptors (Lipinski definition) is 5. The van der Waals surface area contributed by atoms with Crippen LogP contribution in [-0.2, 0) is 21.2 Å². The molecule has 0 bridgehead atoms. The van der Waals surface area contributed by atoms with Gasteiger partial charge in [0, 0.05) is 16.8 Å². The summed E-state index contributed by atoms with van der Waals surface area (Å²) in [5.41, 5.74) is 0.771. The van der Waals surface area contributed by atoms with Gasteiger partial charge >= 0.3 is 0 Å². The van der Waals surface area contributed by atoms with Crippen LogP contribution in [0.15, 0.2) is 75.4 Å². The molecular weight excluding hydrogens is 402 g/mol. The van der Waals surface area contributed by atoms with E-state index in [9.17, 15) is 18.0 Å². The molecule has 0 fully saturated rings. The molecule has 1 N–H and O–H groups in total. The first-order chi connectivity index (χ1) is 13.3. The molecule has 3 rings (SSSR count). The van der Waals surface area contributed by atoms with Crippen molar-refractivity contribution in [2.24, 2.45) is 0 Å². The molecule has 0 radical (unpaired) electrons. The minimum atomic E-state index is -3.92. The first kappa shape index (κ1) is 19.8. The summed E-state index contributed by atoms with van der Waals surface area (Å²) in [6, 6.07) is 15.0. The Kier molecular flexibility index (Phi) is 5.62. The molecule has 1 heterocycles. The van der Waals surface area contributed by atoms with Crippen LogP contribution in [0.3, 0.4) is 0 Å². The van der Waals surface area contributed by atoms with Crippen molar-refractivity contribution in [2.75, 3.05) is 5.32 Å². The average molecular weight is 418 g/mol. The molecule has 2 aromatic carbocycles. The second-order valence-corrected chi connectivity index (χ2v) is 8.38. The quantitative estimate of drug-likeness (QED) is 0.688. The third kappa shape index (κ3) is 4.47. The number of carbonyl (C=O) groups is 1. The zero-order valence-electron chi connectivity index (χ0n) is 14.8. The molecule has 1 amide bonds. The highest BCUT2D eigenvalue weighted by Gasteiger charge is 2.21. The summed E-state index contributed by atoms with van der Waals surface area (Å²) >= 11 is 5.87. The smallest absolute Gasteiger partial charge is 0.267 e. The number of anilines is 1. The van der Waals surface area contributed by atoms with Crippen LogP contribution in [0.25, 0.3) is 0 Å². The Morgan fingerprint density at radius 1 is 1.11 bits per heavy atom. The fourth-order valence-corrected chi connectivity index (χ4v) is 3.81. The Labute approximate surface area is 166 Å². The highest BCUT2D eigenvalue weighted by Crippen LogP contribution is 2.18. The second kappa shape index (κ2) is 7.95. The van der Waals surface area contributed by atoms with Crippen molar-refractivity contribution in [3.63, 3.8) is 0 Å². The molecule has 0 saturated carbocycles. The second-order valence-electron chi connectivity index (χ2n) is 6.04. The lowest BCUT2D eigenvalue weighted by molar-refractivity contribution is -0.117. The van der Waals surface area contributed by atoms with Gasteiger partial charge in [0.2, 0.25) is 15.7 Å². The van der Waals surface area contributed by atoms with Crippen molar-refractivity contribution in [3.05, 3.63) is 81.6 Å². The topological polar surface area (TPSA) is 98.1 Å². The standard InChI is InChI=1S/C19H16ClN3O4S/c1-13-5-7-16(8-6-13)28(26,27)18-9-10-19(25)23(22-18)12-17(24)21-15-4-2-3-14(20)11-15/h2-11H,12H2,1H3,(H,21,24). The van der Waals surface area contributed by atoms with Crippen LogP contribution < -0.4 is 10.9 Å². The maximum Gasteiger partial charge on any atom is 0.267 e. The van der Waals surface area contributed by atoms with E-state index < -0.39 is 27.8 Å². The summed E-state index contributed by atoms with van der Waals surface area (Å²) in [5, 5.41) is 6.58. The van der Waals surface area contributed by atoms with Gasteiger partial charge < -0.3 is 5.32 Å². The first-order valence-corrected chi connectivity index (χ1v) is 10.1. The van der Waals surface area contributed by atoms with Gasteiger partial charge in [-0.3, -0.25) is 9.59 Å². The van der Waals surface area contributed by atoms with Crippen LogP contribution in [0.1, 0.15) is 5.56 Å². The van der Waals surface area contributed by atoms with Gasteiger partial charge in [0.05, 0.1) is 4.90 Å². The van der Waals surface area contributed by atoms with Crippen molar-refractivity contribution < 1.29 is 13.2 Å². The van der Waals surface area contributed by atoms with Gasteiger partial charge in [0.1, 0.15) is 6.54 Å². The number of halogens is 1. The number of nitrogens with zero attached hydrogens (tertiary/aromatic N) is 2. The minimum Gasteiger partial charge on any atom is -0.324 e. The molecule has 3 aromatic rings. The Bertz CT molecular complexity index is 1190. The predicted molar refractivity (Wildman–Crippen MR) is 105 cm³/mol. The molecule has 28 heavy (non-hydrogen) atoms. The van der Waals surface area contributed by atoms with Crippen LogP contribution in [0, 0.1) is 6.92 Å². The van der Waals surface area contributed by atoms with E-state index in [4.69, 9.17) is 11.6 Å². The molecule has 0 aliphatic carbocycles. The lowest BCUT2D eigenvalue weighted by Gasteiger charge is -2.09. The molecule has 144 valence electrons. The number of aromatic nitrogens is 2. The van der Waals surface area contributed by atoms with E-state index in [1.807, 2.05) is 6.92 Å². The number of hydrogen-bond donors (Lipinski definition) is 1. The average Bonchev–Trinajstić information content (AvgIpc) is 2.63. The van der Waals surface area contributed by atoms with Crippen LogP contribution >= 0.6 is 11.6 Å². The summed E-state index contributed by atoms with van der Waals surface area (Å²) in [5.74, 6) is -0.540. The fraction of sp³-hybridized carbons (Fsp3) is 0.105. The fourth-order valence-electron chi connectivity index (χ4n) is 2.43. The normalized spacial score (nSPS) is 11.2. The van der Waals surface area contributed by atoms with Gasteiger partial charge in [-0.25, -0.2) is 13.1 Å². The van der Waals surface area contributed by atoms with E-state index in [-0.39, 0.29) is 9.92 Å². The third-order valence-electron chi connectivity index (χ3n) is 3.85. The zero-order chi connectivity index (χ0) is 20.3. The maximum absolute atomic E-state index is 12.7. The Morgan fingerprint density at radius 2 is 1.82 bits per heavy atom. The van der Waals surface area contributed by atoms with E-state index >= 15 is 0 Å². The number of nitrogens with one attached hydrogen (secondary N) is 1. The van der Waals surface area contributed by atoms with E-state index in [0.29, 0.717) is 10.7 Å². The molecule has 1 aromatic heterocycles. The summed E-state index contributed by atoms with van der Waals surface area (Å²) < 4.78 is 26.3. The number of amides is 1. The summed E-state index contributed by atoms with van der Waals surface area (Å²) in [6.45, 7) is 1.40. The zero-order valence-corrected chi connectivity index (χ0v) is 16.4. The molecule has 0 aliphatic heterocycles. The number of aryl methyl sites for hydroxylation is 1. The SMILES string of the molecule is Cc1ccc(S(=O)(=O)c2ccc(=O)n(CC(=O)Nc3cccc(Cl)c3)n2)cc1. The van der Waals surface area contributed by atoms with Gasteiger partial charge in [-0.2, -0.15) is 5.10 Å². The molecule has 0 spiro atoms. The first-order valence-electron chi connectivity index (χ1n) is 8.21. The van der Waals surface area contributed by atoms with Gasteiger partial charge in [-0.1, -0.05) is 35.4 Å². The van der Waals surface area contributed by atoms with E-state index in [2.05, 4.69) is 10.4 Å². The van der Waals surface area contributed by atoms with Crippen molar-refractivity contribution >= 4 is 33.0 Å². The van der Waals surface area contributed by atoms with Gasteiger partial charge in [0.25, 0.3) is 5.56 Å². The highest BCUT2D eigenvalue weighted by molar-refractivity contribution is 7.91. The lowest BCUT2D eigenvalue weighted by atomic mass is 10.2. The Hall–Kier alpha value is -2.97. The summed E-state index contributed by atoms with van der Waals surface area (Å²) in [4.78, 5) is 24.3. The van der Waals surface area contributed by atoms with Crippen molar-refractivity contribution in [1.82, 2.24) is 9.78 Å². The van der Waals surface area contributed by atoms with Crippen LogP contribution in [0.5, 0.6) is 0 Å². The van der Waals surface area contributed by atoms with Crippen molar-refractivity contribution in [1.29, 1.82) is 0 Å². The molecule has 0 aliphatic rings.